The number of aliphatic carboxylic acids is 1. The SMILES string of the molecule is CC[C@H](C)[C@@H](CN(CC(=O)N[C@@H](CCSC)C(=O)O)Cc1cccc2ccccc12)NC(=O)[C@@H](N)CCC(N)=O. The second kappa shape index (κ2) is 16.8. The Kier molecular flexibility index (Phi) is 13.9. The standard InChI is InChI=1S/C29H43N5O5S/c1-4-19(2)25(33-28(37)23(30)12-13-26(31)35)17-34(18-27(36)32-24(29(38)39)14-15-40-3)16-21-10-7-9-20-8-5-6-11-22(20)21/h5-11,19,23-25H,4,12-18,30H2,1-3H3,(H2,31,35)(H,32,36)(H,33,37)(H,38,39)/t19-,23-,24-,25+/m0/s1. The highest BCUT2D eigenvalue weighted by atomic mass is 32.2. The smallest absolute Gasteiger partial charge is 0.326 e. The lowest BCUT2D eigenvalue weighted by Gasteiger charge is -2.32. The first-order valence-corrected chi connectivity index (χ1v) is 15.0. The first-order valence-electron chi connectivity index (χ1n) is 13.6. The Hall–Kier alpha value is -3.15. The van der Waals surface area contributed by atoms with E-state index in [0.29, 0.717) is 25.3 Å². The van der Waals surface area contributed by atoms with Gasteiger partial charge in [0.1, 0.15) is 6.04 Å². The monoisotopic (exact) mass is 573 g/mol. The van der Waals surface area contributed by atoms with Gasteiger partial charge in [-0.2, -0.15) is 11.8 Å². The van der Waals surface area contributed by atoms with Crippen LogP contribution < -0.4 is 22.1 Å². The molecule has 40 heavy (non-hydrogen) atoms. The van der Waals surface area contributed by atoms with E-state index in [4.69, 9.17) is 11.5 Å². The lowest BCUT2D eigenvalue weighted by Crippen LogP contribution is -2.53. The molecule has 0 heterocycles. The van der Waals surface area contributed by atoms with E-state index in [1.165, 1.54) is 11.8 Å². The van der Waals surface area contributed by atoms with E-state index < -0.39 is 29.9 Å². The molecule has 0 unspecified atom stereocenters. The number of carboxylic acid groups (broad SMARTS) is 1. The van der Waals surface area contributed by atoms with Gasteiger partial charge < -0.3 is 27.2 Å². The molecule has 220 valence electrons. The van der Waals surface area contributed by atoms with Crippen LogP contribution >= 0.6 is 11.8 Å². The first kappa shape index (κ1) is 33.1. The van der Waals surface area contributed by atoms with Crippen molar-refractivity contribution in [2.75, 3.05) is 25.1 Å². The summed E-state index contributed by atoms with van der Waals surface area (Å²) in [4.78, 5) is 50.8. The molecule has 0 saturated carbocycles. The van der Waals surface area contributed by atoms with Gasteiger partial charge in [-0.15, -0.1) is 0 Å². The highest BCUT2D eigenvalue weighted by Gasteiger charge is 2.27. The van der Waals surface area contributed by atoms with Crippen LogP contribution in [0.2, 0.25) is 0 Å². The fourth-order valence-corrected chi connectivity index (χ4v) is 4.91. The van der Waals surface area contributed by atoms with E-state index in [-0.39, 0.29) is 37.3 Å². The second-order valence-corrected chi connectivity index (χ2v) is 11.1. The lowest BCUT2D eigenvalue weighted by atomic mass is 9.97. The third kappa shape index (κ3) is 10.8. The maximum Gasteiger partial charge on any atom is 0.326 e. The van der Waals surface area contributed by atoms with Crippen molar-refractivity contribution in [3.05, 3.63) is 48.0 Å². The first-order chi connectivity index (χ1) is 19.0. The predicted octanol–water partition coefficient (Wildman–Crippen LogP) is 2.09. The van der Waals surface area contributed by atoms with Gasteiger partial charge in [0.15, 0.2) is 0 Å². The van der Waals surface area contributed by atoms with Crippen LogP contribution in [0.1, 0.15) is 45.1 Å². The number of nitrogens with two attached hydrogens (primary N) is 2. The summed E-state index contributed by atoms with van der Waals surface area (Å²) in [7, 11) is 0. The fourth-order valence-electron chi connectivity index (χ4n) is 4.44. The normalized spacial score (nSPS) is 14.3. The van der Waals surface area contributed by atoms with E-state index >= 15 is 0 Å². The van der Waals surface area contributed by atoms with Gasteiger partial charge in [0.2, 0.25) is 17.7 Å². The summed E-state index contributed by atoms with van der Waals surface area (Å²) < 4.78 is 0. The van der Waals surface area contributed by atoms with Gasteiger partial charge in [-0.1, -0.05) is 62.7 Å². The molecule has 2 rings (SSSR count). The van der Waals surface area contributed by atoms with E-state index in [1.54, 1.807) is 0 Å². The number of fused-ring (bicyclic) bond motifs is 1. The van der Waals surface area contributed by atoms with Crippen LogP contribution in [-0.2, 0) is 25.7 Å². The number of carbonyl (C=O) groups excluding carboxylic acids is 3. The van der Waals surface area contributed by atoms with E-state index in [2.05, 4.69) is 10.6 Å². The summed E-state index contributed by atoms with van der Waals surface area (Å²) in [5.41, 5.74) is 12.2. The summed E-state index contributed by atoms with van der Waals surface area (Å²) in [6.45, 7) is 4.72. The zero-order chi connectivity index (χ0) is 29.7. The molecule has 0 aliphatic heterocycles. The van der Waals surface area contributed by atoms with Crippen LogP contribution in [0.4, 0.5) is 0 Å². The number of nitrogens with one attached hydrogen (secondary N) is 2. The van der Waals surface area contributed by atoms with Crippen molar-refractivity contribution in [1.82, 2.24) is 15.5 Å². The van der Waals surface area contributed by atoms with Crippen molar-refractivity contribution in [1.29, 1.82) is 0 Å². The molecule has 0 spiro atoms. The van der Waals surface area contributed by atoms with Crippen LogP contribution in [-0.4, -0.2) is 76.9 Å². The molecule has 4 atom stereocenters. The van der Waals surface area contributed by atoms with Gasteiger partial charge in [-0.3, -0.25) is 19.3 Å². The molecule has 7 N–H and O–H groups in total. The summed E-state index contributed by atoms with van der Waals surface area (Å²) in [5.74, 6) is -1.72. The Morgan fingerprint density at radius 1 is 1.05 bits per heavy atom. The number of benzene rings is 2. The number of carboxylic acids is 1. The third-order valence-corrected chi connectivity index (χ3v) is 7.68. The molecule has 2 aromatic rings. The molecule has 0 bridgehead atoms. The van der Waals surface area contributed by atoms with Crippen molar-refractivity contribution in [3.8, 4) is 0 Å². The van der Waals surface area contributed by atoms with Gasteiger partial charge in [0, 0.05) is 25.6 Å². The largest absolute Gasteiger partial charge is 0.480 e. The predicted molar refractivity (Wildman–Crippen MR) is 160 cm³/mol. The molecule has 0 aliphatic rings. The number of rotatable bonds is 18. The molecule has 3 amide bonds. The molecule has 0 saturated heterocycles. The number of primary amides is 1. The molecule has 0 aromatic heterocycles. The van der Waals surface area contributed by atoms with Crippen molar-refractivity contribution in [3.63, 3.8) is 0 Å². The summed E-state index contributed by atoms with van der Waals surface area (Å²) >= 11 is 1.52. The molecular formula is C29H43N5O5S. The average molecular weight is 574 g/mol. The van der Waals surface area contributed by atoms with E-state index in [9.17, 15) is 24.3 Å². The number of hydrogen-bond acceptors (Lipinski definition) is 7. The Balaban J connectivity index is 2.30. The summed E-state index contributed by atoms with van der Waals surface area (Å²) in [6.07, 6.45) is 3.13. The van der Waals surface area contributed by atoms with Crippen LogP contribution in [0, 0.1) is 5.92 Å². The second-order valence-electron chi connectivity index (χ2n) is 10.2. The Morgan fingerprint density at radius 3 is 2.40 bits per heavy atom. The Morgan fingerprint density at radius 2 is 1.75 bits per heavy atom. The van der Waals surface area contributed by atoms with Gasteiger partial charge in [0.25, 0.3) is 0 Å². The molecular weight excluding hydrogens is 530 g/mol. The maximum absolute atomic E-state index is 13.1. The van der Waals surface area contributed by atoms with Crippen LogP contribution in [0.15, 0.2) is 42.5 Å². The van der Waals surface area contributed by atoms with E-state index in [1.807, 2.05) is 67.5 Å². The lowest BCUT2D eigenvalue weighted by molar-refractivity contribution is -0.142. The Labute approximate surface area is 240 Å². The number of amides is 3. The average Bonchev–Trinajstić information content (AvgIpc) is 2.92. The van der Waals surface area contributed by atoms with Crippen molar-refractivity contribution >= 4 is 46.2 Å². The summed E-state index contributed by atoms with van der Waals surface area (Å²) in [6, 6.07) is 11.8. The minimum Gasteiger partial charge on any atom is -0.480 e. The zero-order valence-electron chi connectivity index (χ0n) is 23.6. The quantitative estimate of drug-likeness (QED) is 0.181. The molecule has 0 aliphatic carbocycles. The molecule has 10 nitrogen and oxygen atoms in total. The number of carbonyl (C=O) groups is 4. The molecule has 2 aromatic carbocycles. The number of hydrogen-bond donors (Lipinski definition) is 5. The molecule has 0 radical (unpaired) electrons. The minimum atomic E-state index is -1.07. The minimum absolute atomic E-state index is 0.0112. The number of nitrogens with zero attached hydrogens (tertiary/aromatic N) is 1. The number of thioether (sulfide) groups is 1. The van der Waals surface area contributed by atoms with Gasteiger partial charge in [-0.25, -0.2) is 4.79 Å². The van der Waals surface area contributed by atoms with Crippen molar-refractivity contribution in [2.24, 2.45) is 17.4 Å². The van der Waals surface area contributed by atoms with Crippen LogP contribution in [0.3, 0.4) is 0 Å². The molecule has 11 heteroatoms. The highest BCUT2D eigenvalue weighted by Crippen LogP contribution is 2.21. The topological polar surface area (TPSA) is 168 Å². The molecule has 0 fully saturated rings. The van der Waals surface area contributed by atoms with Crippen LogP contribution in [0.5, 0.6) is 0 Å². The van der Waals surface area contributed by atoms with Gasteiger partial charge in [-0.05, 0) is 47.1 Å². The van der Waals surface area contributed by atoms with Crippen molar-refractivity contribution in [2.45, 2.75) is 64.2 Å². The van der Waals surface area contributed by atoms with Gasteiger partial charge in [0.05, 0.1) is 12.6 Å². The van der Waals surface area contributed by atoms with E-state index in [0.717, 1.165) is 22.8 Å². The fraction of sp³-hybridized carbons (Fsp3) is 0.517. The van der Waals surface area contributed by atoms with Crippen LogP contribution in [0.25, 0.3) is 10.8 Å². The third-order valence-electron chi connectivity index (χ3n) is 7.04. The summed E-state index contributed by atoms with van der Waals surface area (Å²) in [5, 5.41) is 17.4. The zero-order valence-corrected chi connectivity index (χ0v) is 24.4. The van der Waals surface area contributed by atoms with Gasteiger partial charge >= 0.3 is 5.97 Å². The highest BCUT2D eigenvalue weighted by molar-refractivity contribution is 7.98. The Bertz CT molecular complexity index is 1140. The van der Waals surface area contributed by atoms with Crippen molar-refractivity contribution < 1.29 is 24.3 Å². The maximum atomic E-state index is 13.1.